The molecular formula is C19H16ClN3O3. The maximum absolute atomic E-state index is 12.2. The van der Waals surface area contributed by atoms with Gasteiger partial charge in [-0.05, 0) is 41.5 Å². The van der Waals surface area contributed by atoms with Crippen LogP contribution in [-0.4, -0.2) is 30.0 Å². The first kappa shape index (κ1) is 17.7. The summed E-state index contributed by atoms with van der Waals surface area (Å²) >= 11 is 5.88. The summed E-state index contributed by atoms with van der Waals surface area (Å²) in [6.45, 7) is 0. The molecule has 2 N–H and O–H groups in total. The summed E-state index contributed by atoms with van der Waals surface area (Å²) in [5, 5.41) is 14.3. The zero-order valence-corrected chi connectivity index (χ0v) is 14.7. The van der Waals surface area contributed by atoms with Crippen LogP contribution in [0, 0.1) is 0 Å². The molecule has 26 heavy (non-hydrogen) atoms. The van der Waals surface area contributed by atoms with Crippen LogP contribution < -0.4 is 10.2 Å². The van der Waals surface area contributed by atoms with Crippen LogP contribution in [0.2, 0.25) is 5.02 Å². The fourth-order valence-corrected chi connectivity index (χ4v) is 2.54. The lowest BCUT2D eigenvalue weighted by Crippen LogP contribution is -2.20. The zero-order valence-electron chi connectivity index (χ0n) is 13.9. The number of nitrogens with zero attached hydrogens (tertiary/aromatic N) is 2. The van der Waals surface area contributed by atoms with Crippen molar-refractivity contribution in [3.8, 4) is 11.5 Å². The third kappa shape index (κ3) is 4.10. The first-order valence-electron chi connectivity index (χ1n) is 7.79. The Morgan fingerprint density at radius 2 is 2.08 bits per heavy atom. The van der Waals surface area contributed by atoms with E-state index in [0.717, 1.165) is 11.3 Å². The van der Waals surface area contributed by atoms with Gasteiger partial charge in [0.1, 0.15) is 0 Å². The Labute approximate surface area is 155 Å². The van der Waals surface area contributed by atoms with Gasteiger partial charge in [-0.1, -0.05) is 23.7 Å². The molecule has 0 saturated carbocycles. The van der Waals surface area contributed by atoms with Crippen molar-refractivity contribution in [3.05, 3.63) is 70.4 Å². The number of amides is 1. The fraction of sp³-hybridized carbons (Fsp3) is 0.105. The average Bonchev–Trinajstić information content (AvgIpc) is 3.12. The molecule has 0 fully saturated rings. The van der Waals surface area contributed by atoms with E-state index < -0.39 is 0 Å². The van der Waals surface area contributed by atoms with Crippen LogP contribution in [-0.2, 0) is 4.79 Å². The second kappa shape index (κ2) is 7.84. The lowest BCUT2D eigenvalue weighted by atomic mass is 10.0. The topological polar surface area (TPSA) is 83.3 Å². The quantitative estimate of drug-likeness (QED) is 0.626. The van der Waals surface area contributed by atoms with Gasteiger partial charge in [0, 0.05) is 23.2 Å². The molecule has 0 atom stereocenters. The highest BCUT2D eigenvalue weighted by Crippen LogP contribution is 2.25. The summed E-state index contributed by atoms with van der Waals surface area (Å²) in [6, 6.07) is 12.1. The number of hydrogen-bond donors (Lipinski definition) is 2. The van der Waals surface area contributed by atoms with E-state index >= 15 is 0 Å². The zero-order chi connectivity index (χ0) is 18.5. The number of carbonyl (C=O) groups is 1. The molecule has 0 radical (unpaired) electrons. The van der Waals surface area contributed by atoms with Gasteiger partial charge in [0.05, 0.1) is 19.0 Å². The number of methoxy groups -OCH3 is 1. The highest BCUT2D eigenvalue weighted by Gasteiger charge is 2.18. The molecule has 0 bridgehead atoms. The van der Waals surface area contributed by atoms with Gasteiger partial charge < -0.3 is 9.84 Å². The van der Waals surface area contributed by atoms with E-state index in [0.29, 0.717) is 28.3 Å². The molecule has 6 nitrogen and oxygen atoms in total. The van der Waals surface area contributed by atoms with Gasteiger partial charge in [-0.2, -0.15) is 5.10 Å². The number of phenols is 1. The lowest BCUT2D eigenvalue weighted by molar-refractivity contribution is -0.117. The van der Waals surface area contributed by atoms with Gasteiger partial charge in [-0.3, -0.25) is 9.79 Å². The maximum atomic E-state index is 12.2. The van der Waals surface area contributed by atoms with E-state index in [2.05, 4.69) is 15.5 Å². The third-order valence-corrected chi connectivity index (χ3v) is 4.04. The number of aliphatic imine (C=N–C) groups is 1. The summed E-state index contributed by atoms with van der Waals surface area (Å²) in [6.07, 6.45) is 3.40. The van der Waals surface area contributed by atoms with Gasteiger partial charge in [-0.25, -0.2) is 5.43 Å². The predicted octanol–water partition coefficient (Wildman–Crippen LogP) is 3.28. The van der Waals surface area contributed by atoms with Crippen molar-refractivity contribution in [2.24, 2.45) is 10.1 Å². The van der Waals surface area contributed by atoms with Gasteiger partial charge in [-0.15, -0.1) is 0 Å². The number of nitrogens with one attached hydrogen (secondary N) is 1. The molecule has 0 aromatic heterocycles. The predicted molar refractivity (Wildman–Crippen MR) is 101 cm³/mol. The normalized spacial score (nSPS) is 13.5. The molecular weight excluding hydrogens is 354 g/mol. The van der Waals surface area contributed by atoms with E-state index in [4.69, 9.17) is 16.3 Å². The molecule has 1 heterocycles. The molecule has 2 aromatic rings. The first-order chi connectivity index (χ1) is 12.6. The fourth-order valence-electron chi connectivity index (χ4n) is 2.41. The number of benzene rings is 2. The largest absolute Gasteiger partial charge is 0.504 e. The molecule has 7 heteroatoms. The van der Waals surface area contributed by atoms with Crippen LogP contribution >= 0.6 is 11.6 Å². The second-order valence-electron chi connectivity index (χ2n) is 5.54. The van der Waals surface area contributed by atoms with Crippen LogP contribution in [0.3, 0.4) is 0 Å². The Morgan fingerprint density at radius 3 is 2.77 bits per heavy atom. The maximum Gasteiger partial charge on any atom is 0.269 e. The molecule has 0 unspecified atom stereocenters. The molecule has 1 aliphatic heterocycles. The minimum Gasteiger partial charge on any atom is -0.504 e. The van der Waals surface area contributed by atoms with E-state index in [1.807, 2.05) is 12.1 Å². The Morgan fingerprint density at radius 1 is 1.31 bits per heavy atom. The second-order valence-corrected chi connectivity index (χ2v) is 5.98. The molecule has 0 spiro atoms. The van der Waals surface area contributed by atoms with Crippen molar-refractivity contribution in [2.45, 2.75) is 6.42 Å². The Bertz CT molecular complexity index is 918. The van der Waals surface area contributed by atoms with Crippen molar-refractivity contribution in [3.63, 3.8) is 0 Å². The van der Waals surface area contributed by atoms with E-state index in [1.54, 1.807) is 24.3 Å². The summed E-state index contributed by atoms with van der Waals surface area (Å²) in [4.78, 5) is 16.5. The van der Waals surface area contributed by atoms with Crippen LogP contribution in [0.15, 0.2) is 64.3 Å². The molecule has 0 aliphatic carbocycles. The number of aromatic hydroxyl groups is 1. The van der Waals surface area contributed by atoms with E-state index in [1.165, 1.54) is 25.6 Å². The SMILES string of the molecule is COc1ccc(/C=N/NC(=O)C2=CN=C(c3ccc(Cl)cc3)C2)cc1O. The lowest BCUT2D eigenvalue weighted by Gasteiger charge is -2.04. The van der Waals surface area contributed by atoms with Crippen molar-refractivity contribution in [1.29, 1.82) is 0 Å². The van der Waals surface area contributed by atoms with Crippen molar-refractivity contribution < 1.29 is 14.6 Å². The third-order valence-electron chi connectivity index (χ3n) is 3.79. The minimum atomic E-state index is -0.327. The van der Waals surface area contributed by atoms with Crippen molar-refractivity contribution >= 4 is 29.4 Å². The molecule has 132 valence electrons. The van der Waals surface area contributed by atoms with E-state index in [-0.39, 0.29) is 11.7 Å². The van der Waals surface area contributed by atoms with Gasteiger partial charge >= 0.3 is 0 Å². The summed E-state index contributed by atoms with van der Waals surface area (Å²) in [5.74, 6) is 0.0446. The summed E-state index contributed by atoms with van der Waals surface area (Å²) in [5.41, 5.74) is 5.33. The summed E-state index contributed by atoms with van der Waals surface area (Å²) in [7, 11) is 1.47. The van der Waals surface area contributed by atoms with Gasteiger partial charge in [0.25, 0.3) is 5.91 Å². The number of hydrazone groups is 1. The molecule has 1 amide bonds. The summed E-state index contributed by atoms with van der Waals surface area (Å²) < 4.78 is 4.97. The number of rotatable bonds is 5. The smallest absolute Gasteiger partial charge is 0.269 e. The standard InChI is InChI=1S/C19H16ClN3O3/c1-26-18-7-2-12(8-17(18)24)10-22-23-19(25)14-9-16(21-11-14)13-3-5-15(20)6-4-13/h2-8,10-11,24H,9H2,1H3,(H,23,25)/b22-10+. The van der Waals surface area contributed by atoms with Crippen molar-refractivity contribution in [1.82, 2.24) is 5.43 Å². The molecule has 2 aromatic carbocycles. The number of hydrogen-bond acceptors (Lipinski definition) is 5. The Kier molecular flexibility index (Phi) is 5.34. The number of ether oxygens (including phenoxy) is 1. The molecule has 0 saturated heterocycles. The van der Waals surface area contributed by atoms with Crippen molar-refractivity contribution in [2.75, 3.05) is 7.11 Å². The Balaban J connectivity index is 1.56. The number of halogens is 1. The Hall–Kier alpha value is -3.12. The van der Waals surface area contributed by atoms with Crippen LogP contribution in [0.1, 0.15) is 17.5 Å². The van der Waals surface area contributed by atoms with Gasteiger partial charge in [0.2, 0.25) is 0 Å². The van der Waals surface area contributed by atoms with Gasteiger partial charge in [0.15, 0.2) is 11.5 Å². The van der Waals surface area contributed by atoms with E-state index in [9.17, 15) is 9.90 Å². The monoisotopic (exact) mass is 369 g/mol. The first-order valence-corrected chi connectivity index (χ1v) is 8.16. The average molecular weight is 370 g/mol. The molecule has 1 aliphatic rings. The molecule has 3 rings (SSSR count). The highest BCUT2D eigenvalue weighted by atomic mass is 35.5. The minimum absolute atomic E-state index is 0.00211. The van der Waals surface area contributed by atoms with Crippen LogP contribution in [0.5, 0.6) is 11.5 Å². The number of carbonyl (C=O) groups excluding carboxylic acids is 1. The van der Waals surface area contributed by atoms with Crippen LogP contribution in [0.25, 0.3) is 0 Å². The number of phenolic OH excluding ortho intramolecular Hbond substituents is 1. The van der Waals surface area contributed by atoms with Crippen LogP contribution in [0.4, 0.5) is 0 Å². The highest BCUT2D eigenvalue weighted by molar-refractivity contribution is 6.30.